The van der Waals surface area contributed by atoms with Gasteiger partial charge in [-0.2, -0.15) is 0 Å². The molecule has 3 rings (SSSR count). The van der Waals surface area contributed by atoms with E-state index in [-0.39, 0.29) is 10.8 Å². The Morgan fingerprint density at radius 1 is 0.667 bits per heavy atom. The van der Waals surface area contributed by atoms with Gasteiger partial charge in [-0.1, -0.05) is 97.7 Å². The molecule has 2 aromatic carbocycles. The summed E-state index contributed by atoms with van der Waals surface area (Å²) < 4.78 is -0.772. The second-order valence-electron chi connectivity index (χ2n) is 5.82. The highest BCUT2D eigenvalue weighted by molar-refractivity contribution is 6.54. The maximum atomic E-state index is 6.92. The predicted molar refractivity (Wildman–Crippen MR) is 91.3 cm³/mol. The van der Waals surface area contributed by atoms with Crippen molar-refractivity contribution in [2.75, 3.05) is 0 Å². The second-order valence-corrected chi connectivity index (χ2v) is 7.15. The summed E-state index contributed by atoms with van der Waals surface area (Å²) in [6.07, 6.45) is 1.85. The van der Waals surface area contributed by atoms with Gasteiger partial charge in [0.1, 0.15) is 4.33 Å². The fourth-order valence-electron chi connectivity index (χ4n) is 4.36. The van der Waals surface area contributed by atoms with E-state index in [2.05, 4.69) is 62.4 Å². The fraction of sp³-hybridized carbons (Fsp3) is 0.368. The first-order valence-corrected chi connectivity index (χ1v) is 8.33. The molecule has 0 heterocycles. The number of rotatable bonds is 4. The third-order valence-corrected chi connectivity index (χ3v) is 6.62. The molecular weight excluding hydrogens is 299 g/mol. The first-order valence-electron chi connectivity index (χ1n) is 7.57. The first kappa shape index (κ1) is 14.9. The molecule has 0 unspecified atom stereocenters. The van der Waals surface area contributed by atoms with Gasteiger partial charge in [-0.05, 0) is 24.0 Å². The van der Waals surface area contributed by atoms with Crippen molar-refractivity contribution in [2.45, 2.75) is 41.9 Å². The molecule has 1 fully saturated rings. The molecule has 0 nitrogen and oxygen atoms in total. The van der Waals surface area contributed by atoms with Crippen LogP contribution in [0.15, 0.2) is 60.7 Å². The number of hydrogen-bond donors (Lipinski definition) is 0. The van der Waals surface area contributed by atoms with Gasteiger partial charge >= 0.3 is 0 Å². The van der Waals surface area contributed by atoms with Crippen LogP contribution in [0.3, 0.4) is 0 Å². The molecule has 0 spiro atoms. The lowest BCUT2D eigenvalue weighted by atomic mass is 9.78. The third-order valence-electron chi connectivity index (χ3n) is 5.33. The monoisotopic (exact) mass is 318 g/mol. The zero-order valence-corrected chi connectivity index (χ0v) is 14.0. The molecule has 110 valence electrons. The van der Waals surface area contributed by atoms with Crippen molar-refractivity contribution < 1.29 is 0 Å². The summed E-state index contributed by atoms with van der Waals surface area (Å²) in [4.78, 5) is 0. The number of alkyl halides is 2. The lowest BCUT2D eigenvalue weighted by Gasteiger charge is -2.23. The van der Waals surface area contributed by atoms with Gasteiger partial charge in [0.2, 0.25) is 0 Å². The van der Waals surface area contributed by atoms with Crippen LogP contribution >= 0.6 is 23.2 Å². The van der Waals surface area contributed by atoms with E-state index in [1.807, 2.05) is 12.1 Å². The summed E-state index contributed by atoms with van der Waals surface area (Å²) in [5, 5.41) is 0. The minimum absolute atomic E-state index is 0.222. The van der Waals surface area contributed by atoms with Crippen LogP contribution in [0.4, 0.5) is 0 Å². The summed E-state index contributed by atoms with van der Waals surface area (Å²) >= 11 is 13.8. The van der Waals surface area contributed by atoms with Gasteiger partial charge in [0.05, 0.1) is 0 Å². The summed E-state index contributed by atoms with van der Waals surface area (Å²) in [5.41, 5.74) is 2.03. The van der Waals surface area contributed by atoms with E-state index < -0.39 is 4.33 Å². The lowest BCUT2D eigenvalue weighted by molar-refractivity contribution is 0.507. The second kappa shape index (κ2) is 5.04. The molecule has 1 aliphatic carbocycles. The molecule has 0 N–H and O–H groups in total. The largest absolute Gasteiger partial charge is 0.139 e. The zero-order valence-electron chi connectivity index (χ0n) is 12.4. The van der Waals surface area contributed by atoms with Crippen molar-refractivity contribution in [1.29, 1.82) is 0 Å². The molecule has 2 aromatic rings. The number of benzene rings is 2. The maximum Gasteiger partial charge on any atom is 0.139 e. The summed E-state index contributed by atoms with van der Waals surface area (Å²) in [6, 6.07) is 21.0. The van der Waals surface area contributed by atoms with Crippen LogP contribution in [0, 0.1) is 0 Å². The van der Waals surface area contributed by atoms with Gasteiger partial charge in [0.15, 0.2) is 0 Å². The Morgan fingerprint density at radius 2 is 1.00 bits per heavy atom. The highest BCUT2D eigenvalue weighted by Crippen LogP contribution is 2.80. The molecule has 0 saturated heterocycles. The number of hydrogen-bond acceptors (Lipinski definition) is 0. The molecule has 1 saturated carbocycles. The maximum absolute atomic E-state index is 6.92. The van der Waals surface area contributed by atoms with Gasteiger partial charge in [-0.25, -0.2) is 0 Å². The van der Waals surface area contributed by atoms with Crippen LogP contribution in [0.1, 0.15) is 37.8 Å². The van der Waals surface area contributed by atoms with Crippen molar-refractivity contribution in [3.05, 3.63) is 71.8 Å². The van der Waals surface area contributed by atoms with Crippen LogP contribution in [-0.2, 0) is 10.8 Å². The quantitative estimate of drug-likeness (QED) is 0.618. The van der Waals surface area contributed by atoms with Gasteiger partial charge in [-0.3, -0.25) is 0 Å². The zero-order chi connectivity index (χ0) is 15.1. The highest BCUT2D eigenvalue weighted by atomic mass is 35.5. The smallest absolute Gasteiger partial charge is 0.0996 e. The Bertz CT molecular complexity index is 565. The molecule has 0 amide bonds. The lowest BCUT2D eigenvalue weighted by Crippen LogP contribution is -2.21. The minimum Gasteiger partial charge on any atom is -0.0996 e. The Hall–Kier alpha value is -0.980. The van der Waals surface area contributed by atoms with Gasteiger partial charge in [0, 0.05) is 10.8 Å². The van der Waals surface area contributed by atoms with E-state index in [0.29, 0.717) is 0 Å². The summed E-state index contributed by atoms with van der Waals surface area (Å²) in [5.74, 6) is 0. The van der Waals surface area contributed by atoms with Gasteiger partial charge < -0.3 is 0 Å². The van der Waals surface area contributed by atoms with E-state index in [9.17, 15) is 0 Å². The summed E-state index contributed by atoms with van der Waals surface area (Å²) in [7, 11) is 0. The van der Waals surface area contributed by atoms with E-state index in [4.69, 9.17) is 23.2 Å². The number of halogens is 2. The third kappa shape index (κ3) is 1.64. The van der Waals surface area contributed by atoms with Crippen LogP contribution in [0.2, 0.25) is 0 Å². The van der Waals surface area contributed by atoms with Crippen molar-refractivity contribution in [1.82, 2.24) is 0 Å². The standard InChI is InChI=1S/C19H20Cl2/c1-3-17(15-11-7-5-8-12-15)18(4-2,19(17,20)21)16-13-9-6-10-14-16/h5-14H,3-4H2,1-2H3/t17-,18+. The van der Waals surface area contributed by atoms with E-state index in [1.54, 1.807) is 0 Å². The fourth-order valence-corrected chi connectivity index (χ4v) is 5.89. The van der Waals surface area contributed by atoms with Gasteiger partial charge in [0.25, 0.3) is 0 Å². The van der Waals surface area contributed by atoms with E-state index in [1.165, 1.54) is 11.1 Å². The highest BCUT2D eigenvalue weighted by Gasteiger charge is 2.85. The average molecular weight is 319 g/mol. The van der Waals surface area contributed by atoms with Crippen molar-refractivity contribution in [3.63, 3.8) is 0 Å². The van der Waals surface area contributed by atoms with Crippen molar-refractivity contribution >= 4 is 23.2 Å². The van der Waals surface area contributed by atoms with Crippen molar-refractivity contribution in [2.24, 2.45) is 0 Å². The Labute approximate surface area is 137 Å². The Balaban J connectivity index is 2.23. The molecule has 0 aliphatic heterocycles. The van der Waals surface area contributed by atoms with Crippen LogP contribution in [0.5, 0.6) is 0 Å². The van der Waals surface area contributed by atoms with Crippen LogP contribution in [0.25, 0.3) is 0 Å². The van der Waals surface area contributed by atoms with E-state index >= 15 is 0 Å². The minimum atomic E-state index is -0.772. The van der Waals surface area contributed by atoms with Gasteiger partial charge in [-0.15, -0.1) is 0 Å². The molecule has 2 atom stereocenters. The molecule has 0 radical (unpaired) electrons. The van der Waals surface area contributed by atoms with Crippen LogP contribution in [-0.4, -0.2) is 4.33 Å². The topological polar surface area (TPSA) is 0 Å². The molecule has 0 aromatic heterocycles. The van der Waals surface area contributed by atoms with Crippen molar-refractivity contribution in [3.8, 4) is 0 Å². The summed E-state index contributed by atoms with van der Waals surface area (Å²) in [6.45, 7) is 4.37. The normalized spacial score (nSPS) is 30.1. The first-order chi connectivity index (χ1) is 10.1. The van der Waals surface area contributed by atoms with Crippen LogP contribution < -0.4 is 0 Å². The molecule has 1 aliphatic rings. The molecule has 21 heavy (non-hydrogen) atoms. The molecule has 2 heteroatoms. The SMILES string of the molecule is CC[C@]1(c2ccccc2)C(Cl)(Cl)[C@@]1(CC)c1ccccc1. The molecule has 0 bridgehead atoms. The van der Waals surface area contributed by atoms with E-state index in [0.717, 1.165) is 12.8 Å². The Kier molecular flexibility index (Phi) is 3.58. The predicted octanol–water partition coefficient (Wildman–Crippen LogP) is 5.87. The molecular formula is C19H20Cl2. The average Bonchev–Trinajstić information content (AvgIpc) is 3.00. The Morgan fingerprint density at radius 3 is 1.29 bits per heavy atom.